The van der Waals surface area contributed by atoms with Gasteiger partial charge in [-0.15, -0.1) is 0 Å². The number of ether oxygens (including phenoxy) is 1. The van der Waals surface area contributed by atoms with Crippen LogP contribution in [0.3, 0.4) is 0 Å². The van der Waals surface area contributed by atoms with Crippen molar-refractivity contribution in [1.82, 2.24) is 20.6 Å². The first-order valence-corrected chi connectivity index (χ1v) is 6.74. The van der Waals surface area contributed by atoms with Crippen LogP contribution in [0, 0.1) is 5.92 Å². The smallest absolute Gasteiger partial charge is 0.271 e. The third kappa shape index (κ3) is 2.74. The van der Waals surface area contributed by atoms with E-state index in [-0.39, 0.29) is 12.0 Å². The van der Waals surface area contributed by atoms with Crippen LogP contribution in [0.1, 0.15) is 23.3 Å². The van der Waals surface area contributed by atoms with Crippen LogP contribution >= 0.6 is 0 Å². The molecule has 1 aliphatic carbocycles. The highest BCUT2D eigenvalue weighted by Gasteiger charge is 2.38. The van der Waals surface area contributed by atoms with Crippen LogP contribution in [0.15, 0.2) is 18.6 Å². The Morgan fingerprint density at radius 1 is 1.47 bits per heavy atom. The number of amides is 1. The molecule has 0 unspecified atom stereocenters. The summed E-state index contributed by atoms with van der Waals surface area (Å²) in [6.07, 6.45) is 7.00. The normalized spacial score (nSPS) is 29.8. The van der Waals surface area contributed by atoms with Gasteiger partial charge in [0.1, 0.15) is 5.69 Å². The molecule has 6 heteroatoms. The van der Waals surface area contributed by atoms with Crippen LogP contribution in [-0.2, 0) is 4.74 Å². The Morgan fingerprint density at radius 3 is 3.26 bits per heavy atom. The molecule has 1 aromatic rings. The van der Waals surface area contributed by atoms with Crippen molar-refractivity contribution in [1.29, 1.82) is 0 Å². The third-order valence-electron chi connectivity index (χ3n) is 3.85. The zero-order valence-electron chi connectivity index (χ0n) is 10.7. The molecule has 6 nitrogen and oxygen atoms in total. The van der Waals surface area contributed by atoms with Gasteiger partial charge in [-0.25, -0.2) is 4.98 Å². The van der Waals surface area contributed by atoms with Crippen molar-refractivity contribution in [3.05, 3.63) is 24.3 Å². The number of morpholine rings is 1. The first-order valence-electron chi connectivity index (χ1n) is 6.74. The Kier molecular flexibility index (Phi) is 3.70. The van der Waals surface area contributed by atoms with Crippen molar-refractivity contribution >= 4 is 5.91 Å². The minimum atomic E-state index is -0.166. The Labute approximate surface area is 112 Å². The summed E-state index contributed by atoms with van der Waals surface area (Å²) < 4.78 is 5.81. The van der Waals surface area contributed by atoms with Gasteiger partial charge in [-0.2, -0.15) is 0 Å². The van der Waals surface area contributed by atoms with E-state index in [9.17, 15) is 4.79 Å². The average molecular weight is 262 g/mol. The van der Waals surface area contributed by atoms with Gasteiger partial charge in [0.25, 0.3) is 5.91 Å². The lowest BCUT2D eigenvalue weighted by Crippen LogP contribution is -2.48. The molecule has 1 saturated carbocycles. The molecule has 19 heavy (non-hydrogen) atoms. The minimum Gasteiger partial charge on any atom is -0.375 e. The number of fused-ring (bicyclic) bond motifs is 1. The fourth-order valence-corrected chi connectivity index (χ4v) is 2.91. The summed E-state index contributed by atoms with van der Waals surface area (Å²) in [5.41, 5.74) is 0.361. The van der Waals surface area contributed by atoms with Crippen molar-refractivity contribution in [3.63, 3.8) is 0 Å². The predicted octanol–water partition coefficient (Wildman–Crippen LogP) is -0.0266. The molecular formula is C13H18N4O2. The monoisotopic (exact) mass is 262 g/mol. The van der Waals surface area contributed by atoms with Crippen LogP contribution in [0.4, 0.5) is 0 Å². The molecule has 2 N–H and O–H groups in total. The second kappa shape index (κ2) is 5.63. The molecule has 2 fully saturated rings. The quantitative estimate of drug-likeness (QED) is 0.800. The summed E-state index contributed by atoms with van der Waals surface area (Å²) in [5.74, 6) is 0.221. The summed E-state index contributed by atoms with van der Waals surface area (Å²) in [4.78, 5) is 19.8. The molecule has 0 aromatic carbocycles. The molecule has 1 aliphatic heterocycles. The lowest BCUT2D eigenvalue weighted by Gasteiger charge is -2.30. The number of aromatic nitrogens is 2. The first-order chi connectivity index (χ1) is 9.34. The lowest BCUT2D eigenvalue weighted by atomic mass is 10.0. The molecule has 102 valence electrons. The van der Waals surface area contributed by atoms with Gasteiger partial charge in [-0.1, -0.05) is 0 Å². The fourth-order valence-electron chi connectivity index (χ4n) is 2.91. The van der Waals surface area contributed by atoms with Gasteiger partial charge in [0.2, 0.25) is 0 Å². The van der Waals surface area contributed by atoms with Gasteiger partial charge in [0, 0.05) is 37.4 Å². The number of hydrogen-bond donors (Lipinski definition) is 2. The Bertz CT molecular complexity index is 440. The molecule has 0 spiro atoms. The summed E-state index contributed by atoms with van der Waals surface area (Å²) >= 11 is 0. The van der Waals surface area contributed by atoms with Gasteiger partial charge in [-0.05, 0) is 12.8 Å². The van der Waals surface area contributed by atoms with Gasteiger partial charge in [-0.3, -0.25) is 9.78 Å². The minimum absolute atomic E-state index is 0.166. The molecule has 1 saturated heterocycles. The standard InChI is InChI=1S/C13H18N4O2/c18-13(11-8-14-3-4-15-11)17-7-9-1-2-10-12(9)19-6-5-16-10/h3-4,8-10,12,16H,1-2,5-7H2,(H,17,18)/t9-,10-,12-/m0/s1. The Morgan fingerprint density at radius 2 is 2.42 bits per heavy atom. The summed E-state index contributed by atoms with van der Waals surface area (Å²) in [5, 5.41) is 6.39. The van der Waals surface area contributed by atoms with Gasteiger partial charge in [0.15, 0.2) is 0 Å². The van der Waals surface area contributed by atoms with E-state index < -0.39 is 0 Å². The van der Waals surface area contributed by atoms with E-state index in [0.29, 0.717) is 24.2 Å². The number of carbonyl (C=O) groups excluding carboxylic acids is 1. The number of rotatable bonds is 3. The van der Waals surface area contributed by atoms with E-state index in [1.807, 2.05) is 0 Å². The molecule has 2 aliphatic rings. The summed E-state index contributed by atoms with van der Waals surface area (Å²) in [6.45, 7) is 2.33. The highest BCUT2D eigenvalue weighted by Crippen LogP contribution is 2.29. The van der Waals surface area contributed by atoms with E-state index in [1.54, 1.807) is 6.20 Å². The van der Waals surface area contributed by atoms with Crippen LogP contribution in [0.25, 0.3) is 0 Å². The van der Waals surface area contributed by atoms with Crippen LogP contribution in [-0.4, -0.2) is 47.7 Å². The largest absolute Gasteiger partial charge is 0.375 e. The summed E-state index contributed by atoms with van der Waals surface area (Å²) in [7, 11) is 0. The van der Waals surface area contributed by atoms with Crippen molar-refractivity contribution < 1.29 is 9.53 Å². The third-order valence-corrected chi connectivity index (χ3v) is 3.85. The van der Waals surface area contributed by atoms with Gasteiger partial charge < -0.3 is 15.4 Å². The second-order valence-corrected chi connectivity index (χ2v) is 5.03. The van der Waals surface area contributed by atoms with Crippen molar-refractivity contribution in [3.8, 4) is 0 Å². The number of hydrogen-bond acceptors (Lipinski definition) is 5. The first kappa shape index (κ1) is 12.5. The van der Waals surface area contributed by atoms with Crippen LogP contribution < -0.4 is 10.6 Å². The highest BCUT2D eigenvalue weighted by molar-refractivity contribution is 5.91. The van der Waals surface area contributed by atoms with E-state index in [1.165, 1.54) is 12.4 Å². The predicted molar refractivity (Wildman–Crippen MR) is 68.6 cm³/mol. The molecule has 3 rings (SSSR count). The highest BCUT2D eigenvalue weighted by atomic mass is 16.5. The molecule has 1 amide bonds. The molecule has 0 bridgehead atoms. The zero-order valence-corrected chi connectivity index (χ0v) is 10.7. The molecule has 3 atom stereocenters. The van der Waals surface area contributed by atoms with E-state index >= 15 is 0 Å². The van der Waals surface area contributed by atoms with Crippen molar-refractivity contribution in [2.24, 2.45) is 5.92 Å². The van der Waals surface area contributed by atoms with E-state index in [0.717, 1.165) is 26.0 Å². The molecule has 2 heterocycles. The average Bonchev–Trinajstić information content (AvgIpc) is 2.89. The molecule has 0 radical (unpaired) electrons. The lowest BCUT2D eigenvalue weighted by molar-refractivity contribution is -0.0138. The maximum atomic E-state index is 11.9. The Hall–Kier alpha value is -1.53. The topological polar surface area (TPSA) is 76.1 Å². The maximum absolute atomic E-state index is 11.9. The van der Waals surface area contributed by atoms with Crippen LogP contribution in [0.2, 0.25) is 0 Å². The fraction of sp³-hybridized carbons (Fsp3) is 0.615. The van der Waals surface area contributed by atoms with E-state index in [2.05, 4.69) is 20.6 Å². The van der Waals surface area contributed by atoms with Crippen LogP contribution in [0.5, 0.6) is 0 Å². The summed E-state index contributed by atoms with van der Waals surface area (Å²) in [6, 6.07) is 0.451. The van der Waals surface area contributed by atoms with E-state index in [4.69, 9.17) is 4.74 Å². The zero-order chi connectivity index (χ0) is 13.1. The molecular weight excluding hydrogens is 244 g/mol. The van der Waals surface area contributed by atoms with Crippen molar-refractivity contribution in [2.45, 2.75) is 25.0 Å². The molecule has 1 aromatic heterocycles. The van der Waals surface area contributed by atoms with Crippen molar-refractivity contribution in [2.75, 3.05) is 19.7 Å². The SMILES string of the molecule is O=C(NC[C@@H]1CC[C@@H]2NCCO[C@@H]12)c1cnccn1. The number of carbonyl (C=O) groups is 1. The number of nitrogens with one attached hydrogen (secondary N) is 2. The Balaban J connectivity index is 1.54. The van der Waals surface area contributed by atoms with Gasteiger partial charge >= 0.3 is 0 Å². The maximum Gasteiger partial charge on any atom is 0.271 e. The number of nitrogens with zero attached hydrogens (tertiary/aromatic N) is 2. The van der Waals surface area contributed by atoms with Gasteiger partial charge in [0.05, 0.1) is 18.9 Å². The second-order valence-electron chi connectivity index (χ2n) is 5.03.